The van der Waals surface area contributed by atoms with Crippen molar-refractivity contribution < 1.29 is 14.5 Å². The Morgan fingerprint density at radius 2 is 2.00 bits per heavy atom. The third-order valence-corrected chi connectivity index (χ3v) is 5.77. The van der Waals surface area contributed by atoms with Crippen molar-refractivity contribution >= 4 is 17.6 Å². The highest BCUT2D eigenvalue weighted by atomic mass is 35.5. The topological polar surface area (TPSA) is 92.0 Å². The van der Waals surface area contributed by atoms with Gasteiger partial charge in [0.25, 0.3) is 5.70 Å². The number of pyridine rings is 1. The molecule has 3 rings (SSSR count). The van der Waals surface area contributed by atoms with Crippen molar-refractivity contribution in [2.75, 3.05) is 26.8 Å². The van der Waals surface area contributed by atoms with E-state index in [1.165, 1.54) is 0 Å². The quantitative estimate of drug-likeness (QED) is 0.237. The van der Waals surface area contributed by atoms with Gasteiger partial charge in [-0.2, -0.15) is 0 Å². The summed E-state index contributed by atoms with van der Waals surface area (Å²) < 4.78 is 5.44. The summed E-state index contributed by atoms with van der Waals surface area (Å²) in [7, 11) is 1.79. The lowest BCUT2D eigenvalue weighted by Crippen LogP contribution is -2.53. The smallest absolute Gasteiger partial charge is 0.323 e. The Labute approximate surface area is 198 Å². The molecule has 0 amide bonds. The van der Waals surface area contributed by atoms with Crippen molar-refractivity contribution in [1.82, 2.24) is 19.7 Å². The fourth-order valence-electron chi connectivity index (χ4n) is 3.75. The van der Waals surface area contributed by atoms with Gasteiger partial charge >= 0.3 is 5.97 Å². The van der Waals surface area contributed by atoms with Crippen LogP contribution in [0.5, 0.6) is 0 Å². The summed E-state index contributed by atoms with van der Waals surface area (Å²) in [6.07, 6.45) is 1.66. The lowest BCUT2D eigenvalue weighted by molar-refractivity contribution is -0.434. The summed E-state index contributed by atoms with van der Waals surface area (Å²) in [5.74, 6) is 0.108. The van der Waals surface area contributed by atoms with E-state index >= 15 is 0 Å². The molecule has 0 saturated carbocycles. The molecule has 0 spiro atoms. The molecule has 2 aromatic rings. The van der Waals surface area contributed by atoms with Crippen LogP contribution in [0.4, 0.5) is 0 Å². The number of carbonyl (C=O) groups is 1. The molecule has 1 aliphatic heterocycles. The lowest BCUT2D eigenvalue weighted by Gasteiger charge is -2.40. The highest BCUT2D eigenvalue weighted by Crippen LogP contribution is 2.25. The fourth-order valence-corrected chi connectivity index (χ4v) is 3.86. The van der Waals surface area contributed by atoms with Crippen LogP contribution in [0.25, 0.3) is 0 Å². The molecule has 176 valence electrons. The summed E-state index contributed by atoms with van der Waals surface area (Å²) in [5, 5.41) is 12.4. The summed E-state index contributed by atoms with van der Waals surface area (Å²) in [5.41, 5.74) is 1.82. The molecule has 1 aliphatic rings. The van der Waals surface area contributed by atoms with Crippen molar-refractivity contribution in [2.24, 2.45) is 0 Å². The van der Waals surface area contributed by atoms with Gasteiger partial charge in [0.2, 0.25) is 0 Å². The van der Waals surface area contributed by atoms with Gasteiger partial charge in [-0.05, 0) is 31.0 Å². The van der Waals surface area contributed by atoms with Crippen LogP contribution in [-0.2, 0) is 22.7 Å². The first kappa shape index (κ1) is 24.5. The summed E-state index contributed by atoms with van der Waals surface area (Å²) >= 11 is 5.87. The van der Waals surface area contributed by atoms with Crippen LogP contribution in [-0.4, -0.2) is 63.4 Å². The van der Waals surface area contributed by atoms with Crippen molar-refractivity contribution in [2.45, 2.75) is 33.0 Å². The first-order chi connectivity index (χ1) is 15.8. The monoisotopic (exact) mass is 473 g/mol. The van der Waals surface area contributed by atoms with Gasteiger partial charge in [0.1, 0.15) is 17.8 Å². The van der Waals surface area contributed by atoms with Crippen LogP contribution in [0.1, 0.15) is 25.0 Å². The molecule has 1 aromatic heterocycles. The minimum absolute atomic E-state index is 0.0314. The van der Waals surface area contributed by atoms with Crippen molar-refractivity contribution in [1.29, 1.82) is 0 Å². The lowest BCUT2D eigenvalue weighted by atomic mass is 10.2. The molecule has 0 saturated heterocycles. The molecule has 1 unspecified atom stereocenters. The van der Waals surface area contributed by atoms with E-state index in [2.05, 4.69) is 4.98 Å². The zero-order valence-electron chi connectivity index (χ0n) is 19.0. The molecular formula is C23H28ClN5O4. The minimum Gasteiger partial charge on any atom is -0.460 e. The summed E-state index contributed by atoms with van der Waals surface area (Å²) in [6.45, 7) is 5.21. The van der Waals surface area contributed by atoms with Crippen molar-refractivity contribution in [3.8, 4) is 0 Å². The van der Waals surface area contributed by atoms with Crippen LogP contribution >= 0.6 is 11.6 Å². The van der Waals surface area contributed by atoms with E-state index in [1.807, 2.05) is 48.2 Å². The van der Waals surface area contributed by atoms with Gasteiger partial charge in [0.15, 0.2) is 5.82 Å². The van der Waals surface area contributed by atoms with Crippen LogP contribution in [0.3, 0.4) is 0 Å². The first-order valence-electron chi connectivity index (χ1n) is 10.7. The number of nitrogens with zero attached hydrogens (tertiary/aromatic N) is 5. The second kappa shape index (κ2) is 11.1. The molecule has 0 N–H and O–H groups in total. The van der Waals surface area contributed by atoms with Crippen molar-refractivity contribution in [3.05, 3.63) is 86.6 Å². The third kappa shape index (κ3) is 6.21. The zero-order valence-corrected chi connectivity index (χ0v) is 19.7. The average molecular weight is 474 g/mol. The number of benzene rings is 1. The Bertz CT molecular complexity index is 1000. The molecule has 0 aliphatic carbocycles. The molecule has 0 bridgehead atoms. The SMILES string of the molecule is CCN(Cc1ccc(Cl)nc1)C1=C([N+](=O)[O-])CN(C(C)C(=O)OCc2ccccc2)CN1C. The number of rotatable bonds is 9. The maximum Gasteiger partial charge on any atom is 0.323 e. The molecule has 33 heavy (non-hydrogen) atoms. The van der Waals surface area contributed by atoms with Gasteiger partial charge < -0.3 is 14.5 Å². The fraction of sp³-hybridized carbons (Fsp3) is 0.391. The van der Waals surface area contributed by atoms with E-state index in [0.717, 1.165) is 11.1 Å². The molecule has 9 nitrogen and oxygen atoms in total. The highest BCUT2D eigenvalue weighted by molar-refractivity contribution is 6.29. The molecular weight excluding hydrogens is 446 g/mol. The number of hydrogen-bond acceptors (Lipinski definition) is 8. The van der Waals surface area contributed by atoms with Gasteiger partial charge in [0, 0.05) is 26.3 Å². The third-order valence-electron chi connectivity index (χ3n) is 5.54. The number of halogens is 1. The molecule has 0 radical (unpaired) electrons. The molecule has 1 atom stereocenters. The van der Waals surface area contributed by atoms with Crippen LogP contribution in [0.2, 0.25) is 5.15 Å². The van der Waals surface area contributed by atoms with Gasteiger partial charge in [0.05, 0.1) is 18.1 Å². The molecule has 10 heteroatoms. The molecule has 0 fully saturated rings. The average Bonchev–Trinajstić information content (AvgIpc) is 2.82. The van der Waals surface area contributed by atoms with Gasteiger partial charge in [-0.15, -0.1) is 0 Å². The molecule has 1 aromatic carbocycles. The number of ether oxygens (including phenoxy) is 1. The second-order valence-electron chi connectivity index (χ2n) is 7.89. The summed E-state index contributed by atoms with van der Waals surface area (Å²) in [4.78, 5) is 33.8. The second-order valence-corrected chi connectivity index (χ2v) is 8.27. The number of carbonyl (C=O) groups excluding carboxylic acids is 1. The van der Waals surface area contributed by atoms with E-state index in [9.17, 15) is 14.9 Å². The highest BCUT2D eigenvalue weighted by Gasteiger charge is 2.37. The minimum atomic E-state index is -0.636. The van der Waals surface area contributed by atoms with E-state index in [4.69, 9.17) is 16.3 Å². The normalized spacial score (nSPS) is 15.3. The van der Waals surface area contributed by atoms with E-state index < -0.39 is 12.0 Å². The number of nitro groups is 1. The predicted molar refractivity (Wildman–Crippen MR) is 124 cm³/mol. The van der Waals surface area contributed by atoms with Gasteiger partial charge in [-0.1, -0.05) is 48.0 Å². The van der Waals surface area contributed by atoms with Crippen LogP contribution in [0.15, 0.2) is 60.2 Å². The van der Waals surface area contributed by atoms with E-state index in [0.29, 0.717) is 30.7 Å². The van der Waals surface area contributed by atoms with E-state index in [-0.39, 0.29) is 23.8 Å². The number of hydrogen-bond donors (Lipinski definition) is 0. The summed E-state index contributed by atoms with van der Waals surface area (Å²) in [6, 6.07) is 12.3. The standard InChI is InChI=1S/C23H28ClN5O4/c1-4-27(13-19-10-11-21(24)25-12-19)22-20(29(31)32)14-28(16-26(22)3)17(2)23(30)33-15-18-8-6-5-7-9-18/h5-12,17H,4,13-16H2,1-3H3. The van der Waals surface area contributed by atoms with Crippen LogP contribution < -0.4 is 0 Å². The maximum absolute atomic E-state index is 12.6. The van der Waals surface area contributed by atoms with E-state index in [1.54, 1.807) is 36.0 Å². The number of esters is 1. The molecule has 2 heterocycles. The maximum atomic E-state index is 12.6. The number of aromatic nitrogens is 1. The van der Waals surface area contributed by atoms with Crippen LogP contribution in [0, 0.1) is 10.1 Å². The first-order valence-corrected chi connectivity index (χ1v) is 11.1. The Morgan fingerprint density at radius 1 is 1.27 bits per heavy atom. The Balaban J connectivity index is 1.75. The zero-order chi connectivity index (χ0) is 24.0. The Kier molecular flexibility index (Phi) is 8.24. The van der Waals surface area contributed by atoms with Gasteiger partial charge in [-0.3, -0.25) is 19.8 Å². The van der Waals surface area contributed by atoms with Crippen molar-refractivity contribution in [3.63, 3.8) is 0 Å². The Hall–Kier alpha value is -3.17. The largest absolute Gasteiger partial charge is 0.460 e. The van der Waals surface area contributed by atoms with Gasteiger partial charge in [-0.25, -0.2) is 4.98 Å². The predicted octanol–water partition coefficient (Wildman–Crippen LogP) is 3.34. The Morgan fingerprint density at radius 3 is 2.61 bits per heavy atom.